The molecule has 2 aromatic rings. The molecule has 1 aromatic carbocycles. The molecule has 3 heterocycles. The molecule has 1 fully saturated rings. The summed E-state index contributed by atoms with van der Waals surface area (Å²) < 4.78 is 21.0. The molecule has 1 aromatic heterocycles. The van der Waals surface area contributed by atoms with Gasteiger partial charge in [0.15, 0.2) is 5.69 Å². The van der Waals surface area contributed by atoms with Crippen molar-refractivity contribution in [3.63, 3.8) is 0 Å². The second-order valence-electron chi connectivity index (χ2n) is 7.50. The van der Waals surface area contributed by atoms with Gasteiger partial charge in [0, 0.05) is 25.6 Å². The summed E-state index contributed by atoms with van der Waals surface area (Å²) in [5.74, 6) is -0.359. The highest BCUT2D eigenvalue weighted by Crippen LogP contribution is 2.29. The Labute approximate surface area is 168 Å². The molecule has 29 heavy (non-hydrogen) atoms. The van der Waals surface area contributed by atoms with Crippen LogP contribution in [0.5, 0.6) is 0 Å². The van der Waals surface area contributed by atoms with E-state index in [0.717, 1.165) is 11.3 Å². The Bertz CT molecular complexity index is 888. The van der Waals surface area contributed by atoms with Crippen LogP contribution in [-0.2, 0) is 22.7 Å². The van der Waals surface area contributed by atoms with Gasteiger partial charge >= 0.3 is 0 Å². The molecule has 0 unspecified atom stereocenters. The minimum absolute atomic E-state index is 0.0327. The molecule has 1 atom stereocenters. The Hall–Kier alpha value is -2.74. The Morgan fingerprint density at radius 1 is 1.24 bits per heavy atom. The van der Waals surface area contributed by atoms with Crippen LogP contribution < -0.4 is 5.32 Å². The minimum Gasteiger partial charge on any atom is -0.365 e. The molecule has 4 rings (SSSR count). The van der Waals surface area contributed by atoms with Crippen molar-refractivity contribution in [1.29, 1.82) is 0 Å². The second-order valence-corrected chi connectivity index (χ2v) is 7.50. The van der Waals surface area contributed by atoms with Crippen molar-refractivity contribution in [3.05, 3.63) is 53.4 Å². The highest BCUT2D eigenvalue weighted by Gasteiger charge is 2.32. The molecular weight excluding hydrogens is 375 g/mol. The van der Waals surface area contributed by atoms with Gasteiger partial charge in [-0.15, -0.1) is 0 Å². The number of halogens is 1. The van der Waals surface area contributed by atoms with Crippen molar-refractivity contribution in [2.24, 2.45) is 5.92 Å². The Balaban J connectivity index is 1.41. The lowest BCUT2D eigenvalue weighted by molar-refractivity contribution is -0.126. The van der Waals surface area contributed by atoms with Gasteiger partial charge < -0.3 is 19.5 Å². The number of carbonyl (C=O) groups excluding carboxylic acids is 2. The maximum atomic E-state index is 13.1. The zero-order valence-electron chi connectivity index (χ0n) is 16.4. The quantitative estimate of drug-likeness (QED) is 0.854. The third-order valence-corrected chi connectivity index (χ3v) is 5.68. The molecule has 7 nitrogen and oxygen atoms in total. The number of rotatable bonds is 4. The molecular formula is C21H25FN4O3. The summed E-state index contributed by atoms with van der Waals surface area (Å²) in [6.45, 7) is 4.43. The number of aromatic nitrogens is 2. The van der Waals surface area contributed by atoms with Crippen LogP contribution in [0.1, 0.15) is 47.6 Å². The van der Waals surface area contributed by atoms with Crippen molar-refractivity contribution >= 4 is 11.8 Å². The lowest BCUT2D eigenvalue weighted by Crippen LogP contribution is -2.43. The third-order valence-electron chi connectivity index (χ3n) is 5.68. The average Bonchev–Trinajstić information content (AvgIpc) is 3.17. The number of ether oxygens (including phenoxy) is 1. The Morgan fingerprint density at radius 3 is 2.66 bits per heavy atom. The monoisotopic (exact) mass is 400 g/mol. The maximum Gasteiger partial charge on any atom is 0.274 e. The van der Waals surface area contributed by atoms with Gasteiger partial charge in [-0.1, -0.05) is 12.1 Å². The molecule has 0 radical (unpaired) electrons. The van der Waals surface area contributed by atoms with E-state index in [1.807, 2.05) is 11.5 Å². The first-order valence-electron chi connectivity index (χ1n) is 10.0. The molecule has 1 saturated heterocycles. The summed E-state index contributed by atoms with van der Waals surface area (Å²) in [5, 5.41) is 2.85. The first-order valence-corrected chi connectivity index (χ1v) is 10.0. The molecule has 154 valence electrons. The summed E-state index contributed by atoms with van der Waals surface area (Å²) in [6.07, 6.45) is 2.80. The van der Waals surface area contributed by atoms with Gasteiger partial charge in [-0.05, 0) is 37.5 Å². The van der Waals surface area contributed by atoms with Gasteiger partial charge in [0.25, 0.3) is 5.91 Å². The Morgan fingerprint density at radius 2 is 1.97 bits per heavy atom. The van der Waals surface area contributed by atoms with Crippen molar-refractivity contribution in [3.8, 4) is 0 Å². The number of hydrogen-bond acceptors (Lipinski definition) is 4. The van der Waals surface area contributed by atoms with Crippen molar-refractivity contribution in [1.82, 2.24) is 19.8 Å². The van der Waals surface area contributed by atoms with Gasteiger partial charge in [0.2, 0.25) is 5.91 Å². The van der Waals surface area contributed by atoms with E-state index >= 15 is 0 Å². The SMILES string of the molecule is CCNC(=O)C1CCN(C(=O)c2ncn3c2CO[C@@H](c2ccc(F)cc2)C3)CC1. The first kappa shape index (κ1) is 19.6. The van der Waals surface area contributed by atoms with Crippen molar-refractivity contribution < 1.29 is 18.7 Å². The number of likely N-dealkylation sites (tertiary alicyclic amines) is 1. The number of nitrogens with one attached hydrogen (secondary N) is 1. The maximum absolute atomic E-state index is 13.1. The number of hydrogen-bond donors (Lipinski definition) is 1. The van der Waals surface area contributed by atoms with E-state index in [1.165, 1.54) is 12.1 Å². The summed E-state index contributed by atoms with van der Waals surface area (Å²) in [4.78, 5) is 31.1. The number of carbonyl (C=O) groups is 2. The van der Waals surface area contributed by atoms with E-state index in [0.29, 0.717) is 44.7 Å². The molecule has 0 saturated carbocycles. The number of nitrogens with zero attached hydrogens (tertiary/aromatic N) is 3. The van der Waals surface area contributed by atoms with Crippen LogP contribution in [-0.4, -0.2) is 45.9 Å². The van der Waals surface area contributed by atoms with Crippen LogP contribution in [0.15, 0.2) is 30.6 Å². The highest BCUT2D eigenvalue weighted by atomic mass is 19.1. The Kier molecular flexibility index (Phi) is 5.62. The van der Waals surface area contributed by atoms with E-state index in [9.17, 15) is 14.0 Å². The standard InChI is InChI=1S/C21H25FN4O3/c1-2-23-20(27)15-7-9-25(10-8-15)21(28)19-17-12-29-18(11-26(17)13-24-19)14-3-5-16(22)6-4-14/h3-6,13,15,18H,2,7-12H2,1H3,(H,23,27)/t18-/m1/s1. The summed E-state index contributed by atoms with van der Waals surface area (Å²) in [6, 6.07) is 6.27. The normalized spacial score (nSPS) is 19.7. The van der Waals surface area contributed by atoms with E-state index in [1.54, 1.807) is 23.4 Å². The number of piperidine rings is 1. The van der Waals surface area contributed by atoms with Crippen molar-refractivity contribution in [2.75, 3.05) is 19.6 Å². The fourth-order valence-electron chi connectivity index (χ4n) is 4.00. The highest BCUT2D eigenvalue weighted by molar-refractivity contribution is 5.93. The topological polar surface area (TPSA) is 76.5 Å². The predicted octanol–water partition coefficient (Wildman–Crippen LogP) is 2.28. The number of fused-ring (bicyclic) bond motifs is 1. The smallest absolute Gasteiger partial charge is 0.274 e. The van der Waals surface area contributed by atoms with Crippen LogP contribution >= 0.6 is 0 Å². The number of amides is 2. The zero-order chi connectivity index (χ0) is 20.4. The van der Waals surface area contributed by atoms with Crippen LogP contribution in [0.3, 0.4) is 0 Å². The largest absolute Gasteiger partial charge is 0.365 e. The molecule has 2 aliphatic heterocycles. The molecule has 0 bridgehead atoms. The fourth-order valence-corrected chi connectivity index (χ4v) is 4.00. The predicted molar refractivity (Wildman–Crippen MR) is 103 cm³/mol. The fraction of sp³-hybridized carbons (Fsp3) is 0.476. The van der Waals surface area contributed by atoms with Gasteiger partial charge in [0.05, 0.1) is 25.2 Å². The lowest BCUT2D eigenvalue weighted by atomic mass is 9.95. The van der Waals surface area contributed by atoms with Crippen LogP contribution in [0.2, 0.25) is 0 Å². The third kappa shape index (κ3) is 4.03. The average molecular weight is 400 g/mol. The molecule has 2 aliphatic rings. The lowest BCUT2D eigenvalue weighted by Gasteiger charge is -2.31. The van der Waals surface area contributed by atoms with Crippen LogP contribution in [0, 0.1) is 11.7 Å². The summed E-state index contributed by atoms with van der Waals surface area (Å²) in [7, 11) is 0. The van der Waals surface area contributed by atoms with Gasteiger partial charge in [-0.2, -0.15) is 0 Å². The van der Waals surface area contributed by atoms with Crippen LogP contribution in [0.4, 0.5) is 4.39 Å². The van der Waals surface area contributed by atoms with Crippen LogP contribution in [0.25, 0.3) is 0 Å². The second kappa shape index (κ2) is 8.32. The van der Waals surface area contributed by atoms with E-state index in [2.05, 4.69) is 10.3 Å². The van der Waals surface area contributed by atoms with Gasteiger partial charge in [0.1, 0.15) is 11.9 Å². The van der Waals surface area contributed by atoms with E-state index < -0.39 is 0 Å². The zero-order valence-corrected chi connectivity index (χ0v) is 16.4. The van der Waals surface area contributed by atoms with E-state index in [4.69, 9.17) is 4.74 Å². The number of benzene rings is 1. The molecule has 0 aliphatic carbocycles. The van der Waals surface area contributed by atoms with Gasteiger partial charge in [-0.3, -0.25) is 9.59 Å². The molecule has 1 N–H and O–H groups in total. The number of imidazole rings is 1. The van der Waals surface area contributed by atoms with Crippen molar-refractivity contribution in [2.45, 2.75) is 39.0 Å². The van der Waals surface area contributed by atoms with E-state index in [-0.39, 0.29) is 36.3 Å². The summed E-state index contributed by atoms with van der Waals surface area (Å²) in [5.41, 5.74) is 2.07. The van der Waals surface area contributed by atoms with Gasteiger partial charge in [-0.25, -0.2) is 9.37 Å². The minimum atomic E-state index is -0.281. The molecule has 2 amide bonds. The summed E-state index contributed by atoms with van der Waals surface area (Å²) >= 11 is 0. The molecule has 8 heteroatoms. The molecule has 0 spiro atoms. The first-order chi connectivity index (χ1) is 14.1.